The minimum absolute atomic E-state index is 0.311. The largest absolute Gasteiger partial charge is 0.383 e. The first-order chi connectivity index (χ1) is 7.75. The van der Waals surface area contributed by atoms with Gasteiger partial charge in [0.05, 0.1) is 4.90 Å². The Hall–Kier alpha value is -1.46. The van der Waals surface area contributed by atoms with Crippen LogP contribution in [-0.4, -0.2) is 10.0 Å². The van der Waals surface area contributed by atoms with Crippen molar-refractivity contribution in [2.45, 2.75) is 4.90 Å². The number of hydrogen-bond donors (Lipinski definition) is 1. The molecule has 0 saturated heterocycles. The first-order valence-electron chi connectivity index (χ1n) is 4.71. The van der Waals surface area contributed by atoms with E-state index < -0.39 is 11.0 Å². The van der Waals surface area contributed by atoms with Gasteiger partial charge in [0, 0.05) is 15.0 Å². The molecule has 1 aromatic heterocycles. The molecule has 0 aliphatic carbocycles. The maximum atomic E-state index is 12.0. The average molecular weight is 248 g/mol. The zero-order valence-electron chi connectivity index (χ0n) is 8.21. The van der Waals surface area contributed by atoms with Crippen LogP contribution in [0.4, 0.5) is 0 Å². The summed E-state index contributed by atoms with van der Waals surface area (Å²) in [4.78, 5) is 1.75. The molecule has 16 heavy (non-hydrogen) atoms. The second-order valence-corrected chi connectivity index (χ2v) is 5.56. The van der Waals surface area contributed by atoms with Crippen molar-refractivity contribution in [3.8, 4) is 0 Å². The lowest BCUT2D eigenvalue weighted by molar-refractivity contribution is 0.685. The molecule has 2 N–H and O–H groups in total. The van der Waals surface area contributed by atoms with Gasteiger partial charge in [0.2, 0.25) is 0 Å². The average Bonchev–Trinajstić information content (AvgIpc) is 2.57. The Balaban J connectivity index is 2.38. The molecule has 2 heterocycles. The van der Waals surface area contributed by atoms with Gasteiger partial charge in [0.1, 0.15) is 5.84 Å². The fourth-order valence-electron chi connectivity index (χ4n) is 1.66. The van der Waals surface area contributed by atoms with E-state index in [0.29, 0.717) is 5.84 Å². The van der Waals surface area contributed by atoms with Crippen LogP contribution in [0, 0.1) is 0 Å². The summed E-state index contributed by atoms with van der Waals surface area (Å²) in [5.74, 6) is 0.311. The summed E-state index contributed by atoms with van der Waals surface area (Å²) >= 11 is 1.61. The number of amidine groups is 1. The van der Waals surface area contributed by atoms with E-state index in [4.69, 9.17) is 5.73 Å². The van der Waals surface area contributed by atoms with Crippen molar-refractivity contribution in [2.75, 3.05) is 0 Å². The van der Waals surface area contributed by atoms with E-state index in [0.717, 1.165) is 19.9 Å². The van der Waals surface area contributed by atoms with Crippen molar-refractivity contribution in [1.82, 2.24) is 0 Å². The van der Waals surface area contributed by atoms with E-state index in [1.807, 2.05) is 30.3 Å². The molecule has 2 aromatic rings. The van der Waals surface area contributed by atoms with Crippen LogP contribution in [0.3, 0.4) is 0 Å². The molecule has 80 valence electrons. The van der Waals surface area contributed by atoms with Crippen molar-refractivity contribution in [2.24, 2.45) is 10.1 Å². The van der Waals surface area contributed by atoms with Crippen LogP contribution in [0.15, 0.2) is 39.6 Å². The van der Waals surface area contributed by atoms with Crippen LogP contribution in [0.25, 0.3) is 16.2 Å². The Bertz CT molecular complexity index is 655. The highest BCUT2D eigenvalue weighted by Crippen LogP contribution is 2.35. The van der Waals surface area contributed by atoms with Crippen LogP contribution in [0.5, 0.6) is 0 Å². The number of rotatable bonds is 0. The van der Waals surface area contributed by atoms with Gasteiger partial charge < -0.3 is 5.73 Å². The number of benzene rings is 1. The minimum Gasteiger partial charge on any atom is -0.383 e. The van der Waals surface area contributed by atoms with Gasteiger partial charge >= 0.3 is 0 Å². The van der Waals surface area contributed by atoms with Crippen LogP contribution in [0.2, 0.25) is 0 Å². The molecule has 0 fully saturated rings. The molecule has 5 heteroatoms. The maximum absolute atomic E-state index is 12.0. The molecule has 3 nitrogen and oxygen atoms in total. The van der Waals surface area contributed by atoms with Crippen LogP contribution in [-0.2, 0) is 11.0 Å². The molecular formula is C11H8N2OS2. The molecular weight excluding hydrogens is 240 g/mol. The predicted molar refractivity (Wildman–Crippen MR) is 68.9 cm³/mol. The second kappa shape index (κ2) is 3.54. The van der Waals surface area contributed by atoms with Crippen molar-refractivity contribution in [3.63, 3.8) is 0 Å². The van der Waals surface area contributed by atoms with Crippen molar-refractivity contribution in [3.05, 3.63) is 35.2 Å². The van der Waals surface area contributed by atoms with Crippen molar-refractivity contribution >= 4 is 44.3 Å². The molecule has 0 radical (unpaired) electrons. The molecule has 0 saturated carbocycles. The smallest absolute Gasteiger partial charge is 0.176 e. The Kier molecular flexibility index (Phi) is 2.15. The summed E-state index contributed by atoms with van der Waals surface area (Å²) in [6, 6.07) is 7.90. The lowest BCUT2D eigenvalue weighted by Crippen LogP contribution is -2.07. The lowest BCUT2D eigenvalue weighted by atomic mass is 10.2. The third-order valence-corrected chi connectivity index (χ3v) is 4.77. The molecule has 0 bridgehead atoms. The maximum Gasteiger partial charge on any atom is 0.176 e. The first kappa shape index (κ1) is 9.74. The molecule has 1 unspecified atom stereocenters. The molecule has 1 aliphatic rings. The summed E-state index contributed by atoms with van der Waals surface area (Å²) in [5.41, 5.74) is 5.58. The monoisotopic (exact) mass is 248 g/mol. The van der Waals surface area contributed by atoms with E-state index in [1.54, 1.807) is 17.4 Å². The van der Waals surface area contributed by atoms with Crippen LogP contribution in [0.1, 0.15) is 4.88 Å². The van der Waals surface area contributed by atoms with E-state index in [-0.39, 0.29) is 0 Å². The zero-order chi connectivity index (χ0) is 11.1. The third kappa shape index (κ3) is 1.40. The number of nitrogens with zero attached hydrogens (tertiary/aromatic N) is 1. The highest BCUT2D eigenvalue weighted by atomic mass is 32.2. The van der Waals surface area contributed by atoms with Gasteiger partial charge in [0.15, 0.2) is 11.0 Å². The van der Waals surface area contributed by atoms with E-state index in [9.17, 15) is 4.21 Å². The Morgan fingerprint density at radius 1 is 1.25 bits per heavy atom. The van der Waals surface area contributed by atoms with Gasteiger partial charge in [-0.3, -0.25) is 0 Å². The fraction of sp³-hybridized carbons (Fsp3) is 0. The number of hydrogen-bond acceptors (Lipinski definition) is 3. The molecule has 0 amide bonds. The Morgan fingerprint density at radius 2 is 2.06 bits per heavy atom. The summed E-state index contributed by atoms with van der Waals surface area (Å²) in [6.07, 6.45) is 3.57. The van der Waals surface area contributed by atoms with E-state index in [2.05, 4.69) is 4.40 Å². The SMILES string of the molecule is NC1=NS(=O)c2c(sc3ccccc23)C=C1. The number of nitrogens with two attached hydrogens (primary N) is 1. The van der Waals surface area contributed by atoms with Gasteiger partial charge in [-0.1, -0.05) is 18.2 Å². The lowest BCUT2D eigenvalue weighted by Gasteiger charge is -1.94. The second-order valence-electron chi connectivity index (χ2n) is 3.39. The van der Waals surface area contributed by atoms with E-state index >= 15 is 0 Å². The summed E-state index contributed by atoms with van der Waals surface area (Å²) in [6.45, 7) is 0. The minimum atomic E-state index is -1.40. The van der Waals surface area contributed by atoms with Gasteiger partial charge in [-0.05, 0) is 18.2 Å². The van der Waals surface area contributed by atoms with Gasteiger partial charge in [0.25, 0.3) is 0 Å². The molecule has 0 spiro atoms. The predicted octanol–water partition coefficient (Wildman–Crippen LogP) is 2.31. The van der Waals surface area contributed by atoms with Crippen molar-refractivity contribution in [1.29, 1.82) is 0 Å². The fourth-order valence-corrected chi connectivity index (χ4v) is 4.02. The highest BCUT2D eigenvalue weighted by molar-refractivity contribution is 7.84. The molecule has 3 rings (SSSR count). The highest BCUT2D eigenvalue weighted by Gasteiger charge is 2.17. The molecule has 1 aliphatic heterocycles. The van der Waals surface area contributed by atoms with Crippen LogP contribution < -0.4 is 5.73 Å². The number of fused-ring (bicyclic) bond motifs is 3. The summed E-state index contributed by atoms with van der Waals surface area (Å²) in [5, 5.41) is 1.00. The Labute approximate surface area is 98.9 Å². The normalized spacial score (nSPS) is 19.2. The topological polar surface area (TPSA) is 55.4 Å². The quantitative estimate of drug-likeness (QED) is 0.777. The van der Waals surface area contributed by atoms with Gasteiger partial charge in [-0.25, -0.2) is 4.21 Å². The first-order valence-corrected chi connectivity index (χ1v) is 6.64. The summed E-state index contributed by atoms with van der Waals surface area (Å²) in [7, 11) is -1.40. The van der Waals surface area contributed by atoms with Gasteiger partial charge in [-0.2, -0.15) is 4.40 Å². The third-order valence-electron chi connectivity index (χ3n) is 2.34. The molecule has 1 aromatic carbocycles. The standard InChI is InChI=1S/C11H8N2OS2/c12-10-6-5-9-11(16(14)13-10)7-3-1-2-4-8(7)15-9/h1-6H,(H2,12,13). The summed E-state index contributed by atoms with van der Waals surface area (Å²) < 4.78 is 17.1. The van der Waals surface area contributed by atoms with Gasteiger partial charge in [-0.15, -0.1) is 11.3 Å². The van der Waals surface area contributed by atoms with Crippen molar-refractivity contribution < 1.29 is 4.21 Å². The molecule has 1 atom stereocenters. The van der Waals surface area contributed by atoms with Crippen LogP contribution >= 0.6 is 11.3 Å². The zero-order valence-corrected chi connectivity index (χ0v) is 9.85. The Morgan fingerprint density at radius 3 is 2.94 bits per heavy atom. The number of thiophene rings is 1. The van der Waals surface area contributed by atoms with E-state index in [1.165, 1.54) is 0 Å².